The maximum atomic E-state index is 12.4. The zero-order valence-electron chi connectivity index (χ0n) is 12.7. The lowest BCUT2D eigenvalue weighted by molar-refractivity contribution is -0.139. The lowest BCUT2D eigenvalue weighted by atomic mass is 10.1. The zero-order chi connectivity index (χ0) is 14.4. The Morgan fingerprint density at radius 1 is 1.25 bits per heavy atom. The van der Waals surface area contributed by atoms with Crippen LogP contribution in [0.3, 0.4) is 0 Å². The van der Waals surface area contributed by atoms with Gasteiger partial charge in [0.25, 0.3) is 0 Å². The normalized spacial score (nSPS) is 15.4. The second-order valence-electron chi connectivity index (χ2n) is 5.71. The molecule has 1 fully saturated rings. The maximum absolute atomic E-state index is 12.4. The third kappa shape index (κ3) is 6.09. The lowest BCUT2D eigenvalue weighted by Crippen LogP contribution is -2.47. The van der Waals surface area contributed by atoms with Crippen molar-refractivity contribution in [1.82, 2.24) is 9.80 Å². The van der Waals surface area contributed by atoms with E-state index < -0.39 is 5.97 Å². The Kier molecular flexibility index (Phi) is 8.81. The van der Waals surface area contributed by atoms with Gasteiger partial charge < -0.3 is 10.0 Å². The number of likely N-dealkylation sites (N-methyl/N-ethyl adjacent to an activating group) is 1. The van der Waals surface area contributed by atoms with Crippen LogP contribution >= 0.6 is 12.4 Å². The molecule has 1 aliphatic rings. The molecule has 0 saturated heterocycles. The lowest BCUT2D eigenvalue weighted by Gasteiger charge is -2.34. The van der Waals surface area contributed by atoms with Gasteiger partial charge >= 0.3 is 5.97 Å². The van der Waals surface area contributed by atoms with Gasteiger partial charge in [0.1, 0.15) is 0 Å². The quantitative estimate of drug-likeness (QED) is 0.781. The van der Waals surface area contributed by atoms with Gasteiger partial charge in [-0.15, -0.1) is 12.4 Å². The molecule has 20 heavy (non-hydrogen) atoms. The van der Waals surface area contributed by atoms with Crippen molar-refractivity contribution in [2.75, 3.05) is 20.1 Å². The molecule has 0 aliphatic heterocycles. The minimum absolute atomic E-state index is 0. The minimum atomic E-state index is -0.823. The number of carbonyl (C=O) groups excluding carboxylic acids is 1. The highest BCUT2D eigenvalue weighted by molar-refractivity contribution is 5.85. The number of hydrogen-bond acceptors (Lipinski definition) is 3. The van der Waals surface area contributed by atoms with Crippen molar-refractivity contribution in [2.45, 2.75) is 58.0 Å². The van der Waals surface area contributed by atoms with Crippen LogP contribution in [0, 0.1) is 0 Å². The third-order valence-electron chi connectivity index (χ3n) is 3.67. The molecule has 1 saturated carbocycles. The van der Waals surface area contributed by atoms with Crippen molar-refractivity contribution in [3.8, 4) is 0 Å². The number of carboxylic acid groups (broad SMARTS) is 1. The predicted molar refractivity (Wildman–Crippen MR) is 81.2 cm³/mol. The first-order chi connectivity index (χ1) is 8.91. The molecule has 5 nitrogen and oxygen atoms in total. The first-order valence-corrected chi connectivity index (χ1v) is 7.13. The van der Waals surface area contributed by atoms with Crippen molar-refractivity contribution in [3.63, 3.8) is 0 Å². The van der Waals surface area contributed by atoms with Crippen molar-refractivity contribution in [2.24, 2.45) is 0 Å². The number of carboxylic acids is 1. The van der Waals surface area contributed by atoms with Gasteiger partial charge in [-0.05, 0) is 33.7 Å². The summed E-state index contributed by atoms with van der Waals surface area (Å²) >= 11 is 0. The van der Waals surface area contributed by atoms with Crippen LogP contribution in [0.15, 0.2) is 0 Å². The van der Waals surface area contributed by atoms with E-state index >= 15 is 0 Å². The number of amides is 1. The van der Waals surface area contributed by atoms with Gasteiger partial charge in [0.15, 0.2) is 0 Å². The van der Waals surface area contributed by atoms with Crippen molar-refractivity contribution < 1.29 is 14.7 Å². The van der Waals surface area contributed by atoms with E-state index in [2.05, 4.69) is 0 Å². The van der Waals surface area contributed by atoms with E-state index in [1.807, 2.05) is 18.7 Å². The summed E-state index contributed by atoms with van der Waals surface area (Å²) < 4.78 is 0. The van der Waals surface area contributed by atoms with E-state index in [4.69, 9.17) is 5.11 Å². The molecule has 0 aromatic rings. The molecule has 0 unspecified atom stereocenters. The molecular formula is C14H27ClN2O3. The Morgan fingerprint density at radius 2 is 1.80 bits per heavy atom. The molecule has 0 radical (unpaired) electrons. The van der Waals surface area contributed by atoms with Gasteiger partial charge in [-0.25, -0.2) is 0 Å². The summed E-state index contributed by atoms with van der Waals surface area (Å²) in [5, 5.41) is 8.64. The number of nitrogens with zero attached hydrogens (tertiary/aromatic N) is 2. The Bertz CT molecular complexity index is 318. The van der Waals surface area contributed by atoms with Crippen molar-refractivity contribution in [1.29, 1.82) is 0 Å². The molecule has 0 atom stereocenters. The van der Waals surface area contributed by atoms with Gasteiger partial charge in [0.05, 0.1) is 13.0 Å². The van der Waals surface area contributed by atoms with Crippen molar-refractivity contribution in [3.05, 3.63) is 0 Å². The van der Waals surface area contributed by atoms with Gasteiger partial charge in [-0.1, -0.05) is 12.8 Å². The number of aliphatic carboxylic acids is 1. The molecule has 0 bridgehead atoms. The summed E-state index contributed by atoms with van der Waals surface area (Å²) in [5.74, 6) is -0.703. The van der Waals surface area contributed by atoms with E-state index in [0.29, 0.717) is 19.1 Å². The summed E-state index contributed by atoms with van der Waals surface area (Å²) in [4.78, 5) is 26.7. The summed E-state index contributed by atoms with van der Waals surface area (Å²) in [6, 6.07) is 0.587. The van der Waals surface area contributed by atoms with Crippen LogP contribution in [0.4, 0.5) is 0 Å². The predicted octanol–water partition coefficient (Wildman–Crippen LogP) is 1.99. The Morgan fingerprint density at radius 3 is 2.25 bits per heavy atom. The Balaban J connectivity index is 0.00000361. The zero-order valence-corrected chi connectivity index (χ0v) is 13.5. The summed E-state index contributed by atoms with van der Waals surface area (Å²) in [5.41, 5.74) is 0. The van der Waals surface area contributed by atoms with E-state index in [-0.39, 0.29) is 30.8 Å². The van der Waals surface area contributed by atoms with Crippen LogP contribution < -0.4 is 0 Å². The van der Waals surface area contributed by atoms with E-state index in [9.17, 15) is 9.59 Å². The third-order valence-corrected chi connectivity index (χ3v) is 3.67. The standard InChI is InChI=1S/C14H26N2O3.ClH/c1-11(2)16(12-6-4-5-7-12)13(17)10-15(3)9-8-14(18)19;/h11-12H,4-10H2,1-3H3,(H,18,19);1H. The largest absolute Gasteiger partial charge is 0.481 e. The Labute approximate surface area is 127 Å². The van der Waals surface area contributed by atoms with Gasteiger partial charge in [0, 0.05) is 18.6 Å². The number of halogens is 1. The topological polar surface area (TPSA) is 60.9 Å². The highest BCUT2D eigenvalue weighted by Gasteiger charge is 2.28. The molecule has 0 spiro atoms. The van der Waals surface area contributed by atoms with Crippen LogP contribution in [0.1, 0.15) is 46.0 Å². The molecule has 1 amide bonds. The molecule has 1 N–H and O–H groups in total. The molecule has 0 heterocycles. The van der Waals surface area contributed by atoms with E-state index in [1.54, 1.807) is 11.9 Å². The highest BCUT2D eigenvalue weighted by atomic mass is 35.5. The van der Waals surface area contributed by atoms with Gasteiger partial charge in [0.2, 0.25) is 5.91 Å². The average molecular weight is 307 g/mol. The number of hydrogen-bond donors (Lipinski definition) is 1. The van der Waals surface area contributed by atoms with Crippen LogP contribution in [-0.2, 0) is 9.59 Å². The second kappa shape index (κ2) is 9.19. The Hall–Kier alpha value is -0.810. The molecule has 1 aliphatic carbocycles. The molecule has 1 rings (SSSR count). The first-order valence-electron chi connectivity index (χ1n) is 7.13. The fourth-order valence-electron chi connectivity index (χ4n) is 2.77. The molecule has 0 aromatic heterocycles. The number of rotatable bonds is 7. The highest BCUT2D eigenvalue weighted by Crippen LogP contribution is 2.25. The second-order valence-corrected chi connectivity index (χ2v) is 5.71. The summed E-state index contributed by atoms with van der Waals surface area (Å²) in [6.07, 6.45) is 4.69. The van der Waals surface area contributed by atoms with Crippen LogP contribution in [-0.4, -0.2) is 59.0 Å². The molecule has 118 valence electrons. The molecule has 0 aromatic carbocycles. The van der Waals surface area contributed by atoms with E-state index in [0.717, 1.165) is 12.8 Å². The van der Waals surface area contributed by atoms with E-state index in [1.165, 1.54) is 12.8 Å². The fraction of sp³-hybridized carbons (Fsp3) is 0.857. The summed E-state index contributed by atoms with van der Waals surface area (Å²) in [7, 11) is 1.80. The van der Waals surface area contributed by atoms with Crippen molar-refractivity contribution >= 4 is 24.3 Å². The minimum Gasteiger partial charge on any atom is -0.481 e. The number of carbonyl (C=O) groups is 2. The maximum Gasteiger partial charge on any atom is 0.304 e. The first kappa shape index (κ1) is 19.2. The summed E-state index contributed by atoms with van der Waals surface area (Å²) in [6.45, 7) is 4.82. The average Bonchev–Trinajstić information content (AvgIpc) is 2.79. The van der Waals surface area contributed by atoms with Crippen LogP contribution in [0.2, 0.25) is 0 Å². The fourth-order valence-corrected chi connectivity index (χ4v) is 2.77. The van der Waals surface area contributed by atoms with Crippen LogP contribution in [0.5, 0.6) is 0 Å². The monoisotopic (exact) mass is 306 g/mol. The smallest absolute Gasteiger partial charge is 0.304 e. The van der Waals surface area contributed by atoms with Gasteiger partial charge in [-0.3, -0.25) is 14.5 Å². The van der Waals surface area contributed by atoms with Gasteiger partial charge in [-0.2, -0.15) is 0 Å². The molecular weight excluding hydrogens is 280 g/mol. The SMILES string of the molecule is CC(C)N(C(=O)CN(C)CCC(=O)O)C1CCCC1.Cl. The molecule has 6 heteroatoms. The van der Waals surface area contributed by atoms with Crippen LogP contribution in [0.25, 0.3) is 0 Å².